The van der Waals surface area contributed by atoms with Crippen molar-refractivity contribution in [3.05, 3.63) is 52.5 Å². The normalized spacial score (nSPS) is 15.3. The van der Waals surface area contributed by atoms with Gasteiger partial charge in [-0.15, -0.1) is 11.8 Å². The molecule has 1 saturated heterocycles. The number of anilines is 1. The van der Waals surface area contributed by atoms with Crippen LogP contribution >= 0.6 is 23.4 Å². The van der Waals surface area contributed by atoms with E-state index in [0.717, 1.165) is 16.0 Å². The minimum atomic E-state index is -3.75. The lowest BCUT2D eigenvalue weighted by molar-refractivity contribution is -0.113. The van der Waals surface area contributed by atoms with Crippen LogP contribution in [0.4, 0.5) is 5.69 Å². The number of thioether (sulfide) groups is 1. The molecule has 2 aromatic rings. The molecular weight excluding hydrogens is 432 g/mol. The zero-order valence-electron chi connectivity index (χ0n) is 16.3. The molecule has 0 atom stereocenters. The molecule has 0 aromatic heterocycles. The number of aryl methyl sites for hydroxylation is 2. The molecule has 1 fully saturated rings. The highest BCUT2D eigenvalue weighted by molar-refractivity contribution is 8.00. The van der Waals surface area contributed by atoms with E-state index in [-0.39, 0.29) is 34.7 Å². The maximum atomic E-state index is 12.9. The molecule has 1 aliphatic heterocycles. The number of morpholine rings is 1. The molecule has 1 heterocycles. The fourth-order valence-electron chi connectivity index (χ4n) is 2.91. The van der Waals surface area contributed by atoms with Gasteiger partial charge in [0.1, 0.15) is 4.90 Å². The van der Waals surface area contributed by atoms with E-state index in [1.54, 1.807) is 6.07 Å². The number of carbonyl (C=O) groups excluding carboxylic acids is 1. The average Bonchev–Trinajstić information content (AvgIpc) is 2.70. The Hall–Kier alpha value is -1.58. The van der Waals surface area contributed by atoms with Gasteiger partial charge in [0.15, 0.2) is 0 Å². The number of amides is 1. The van der Waals surface area contributed by atoms with Gasteiger partial charge in [-0.25, -0.2) is 8.42 Å². The van der Waals surface area contributed by atoms with E-state index in [2.05, 4.69) is 5.32 Å². The summed E-state index contributed by atoms with van der Waals surface area (Å²) in [6.07, 6.45) is 0. The first-order valence-electron chi connectivity index (χ1n) is 9.15. The maximum Gasteiger partial charge on any atom is 0.244 e. The van der Waals surface area contributed by atoms with Crippen molar-refractivity contribution in [1.29, 1.82) is 0 Å². The summed E-state index contributed by atoms with van der Waals surface area (Å²) in [6.45, 7) is 5.27. The second-order valence-corrected chi connectivity index (χ2v) is 10.1. The largest absolute Gasteiger partial charge is 0.379 e. The van der Waals surface area contributed by atoms with Crippen molar-refractivity contribution in [2.24, 2.45) is 0 Å². The molecule has 0 saturated carbocycles. The van der Waals surface area contributed by atoms with E-state index in [9.17, 15) is 13.2 Å². The molecule has 0 bridgehead atoms. The van der Waals surface area contributed by atoms with Crippen molar-refractivity contribution in [2.45, 2.75) is 23.6 Å². The lowest BCUT2D eigenvalue weighted by Crippen LogP contribution is -2.40. The molecule has 3 rings (SSSR count). The second-order valence-electron chi connectivity index (χ2n) is 6.77. The highest BCUT2D eigenvalue weighted by Crippen LogP contribution is 2.29. The molecule has 9 heteroatoms. The first kappa shape index (κ1) is 22.1. The SMILES string of the molecule is Cc1ccc(C)c(SCC(=O)Nc2ccc(Cl)c(S(=O)(=O)N3CCOCC3)c2)c1. The molecule has 0 radical (unpaired) electrons. The summed E-state index contributed by atoms with van der Waals surface area (Å²) >= 11 is 7.60. The molecule has 6 nitrogen and oxygen atoms in total. The number of ether oxygens (including phenoxy) is 1. The van der Waals surface area contributed by atoms with E-state index in [1.165, 1.54) is 28.2 Å². The van der Waals surface area contributed by atoms with Gasteiger partial charge in [0, 0.05) is 23.7 Å². The smallest absolute Gasteiger partial charge is 0.244 e. The number of halogens is 1. The van der Waals surface area contributed by atoms with Gasteiger partial charge in [-0.05, 0) is 43.7 Å². The van der Waals surface area contributed by atoms with Crippen LogP contribution in [0.15, 0.2) is 46.2 Å². The van der Waals surface area contributed by atoms with Crippen molar-refractivity contribution in [3.8, 4) is 0 Å². The molecular formula is C20H23ClN2O4S2. The van der Waals surface area contributed by atoms with Gasteiger partial charge in [0.25, 0.3) is 0 Å². The third-order valence-corrected chi connectivity index (χ3v) is 8.04. The number of hydrogen-bond acceptors (Lipinski definition) is 5. The van der Waals surface area contributed by atoms with Crippen molar-refractivity contribution >= 4 is 45.0 Å². The molecule has 1 N–H and O–H groups in total. The molecule has 0 spiro atoms. The minimum Gasteiger partial charge on any atom is -0.379 e. The average molecular weight is 455 g/mol. The van der Waals surface area contributed by atoms with Crippen molar-refractivity contribution < 1.29 is 17.9 Å². The third kappa shape index (κ3) is 5.52. The first-order chi connectivity index (χ1) is 13.8. The van der Waals surface area contributed by atoms with E-state index in [0.29, 0.717) is 18.9 Å². The van der Waals surface area contributed by atoms with Crippen LogP contribution in [0.5, 0.6) is 0 Å². The summed E-state index contributed by atoms with van der Waals surface area (Å²) in [7, 11) is -3.75. The van der Waals surface area contributed by atoms with E-state index in [4.69, 9.17) is 16.3 Å². The van der Waals surface area contributed by atoms with Crippen LogP contribution in [0.2, 0.25) is 5.02 Å². The topological polar surface area (TPSA) is 75.7 Å². The van der Waals surface area contributed by atoms with Crippen LogP contribution in [0, 0.1) is 13.8 Å². The zero-order valence-corrected chi connectivity index (χ0v) is 18.7. The van der Waals surface area contributed by atoms with Crippen LogP contribution in [0.3, 0.4) is 0 Å². The number of rotatable bonds is 6. The summed E-state index contributed by atoms with van der Waals surface area (Å²) in [4.78, 5) is 13.4. The number of hydrogen-bond donors (Lipinski definition) is 1. The number of nitrogens with one attached hydrogen (secondary N) is 1. The Morgan fingerprint density at radius 2 is 1.90 bits per heavy atom. The number of benzene rings is 2. The monoisotopic (exact) mass is 454 g/mol. The Balaban J connectivity index is 1.70. The van der Waals surface area contributed by atoms with Crippen LogP contribution in [-0.4, -0.2) is 50.7 Å². The van der Waals surface area contributed by atoms with Gasteiger partial charge in [-0.2, -0.15) is 4.31 Å². The van der Waals surface area contributed by atoms with Gasteiger partial charge in [-0.3, -0.25) is 4.79 Å². The van der Waals surface area contributed by atoms with E-state index < -0.39 is 10.0 Å². The third-order valence-electron chi connectivity index (χ3n) is 4.51. The van der Waals surface area contributed by atoms with Crippen LogP contribution < -0.4 is 5.32 Å². The second kappa shape index (κ2) is 9.49. The fourth-order valence-corrected chi connectivity index (χ4v) is 5.74. The Kier molecular flexibility index (Phi) is 7.23. The number of sulfonamides is 1. The predicted molar refractivity (Wildman–Crippen MR) is 116 cm³/mol. The van der Waals surface area contributed by atoms with Crippen molar-refractivity contribution in [1.82, 2.24) is 4.31 Å². The summed E-state index contributed by atoms with van der Waals surface area (Å²) in [5.41, 5.74) is 2.64. The minimum absolute atomic E-state index is 0.0129. The molecule has 1 amide bonds. The molecule has 2 aromatic carbocycles. The standard InChI is InChI=1S/C20H23ClN2O4S2/c1-14-3-4-15(2)18(11-14)28-13-20(24)22-16-5-6-17(21)19(12-16)29(25,26)23-7-9-27-10-8-23/h3-6,11-12H,7-10,13H2,1-2H3,(H,22,24). The fraction of sp³-hybridized carbons (Fsp3) is 0.350. The highest BCUT2D eigenvalue weighted by atomic mass is 35.5. The molecule has 1 aliphatic rings. The van der Waals surface area contributed by atoms with Crippen LogP contribution in [0.1, 0.15) is 11.1 Å². The molecule has 0 unspecified atom stereocenters. The number of nitrogens with zero attached hydrogens (tertiary/aromatic N) is 1. The Labute approximate surface area is 180 Å². The first-order valence-corrected chi connectivity index (χ1v) is 11.9. The molecule has 29 heavy (non-hydrogen) atoms. The lowest BCUT2D eigenvalue weighted by atomic mass is 10.2. The van der Waals surface area contributed by atoms with Gasteiger partial charge < -0.3 is 10.1 Å². The van der Waals surface area contributed by atoms with Crippen LogP contribution in [-0.2, 0) is 19.6 Å². The summed E-state index contributed by atoms with van der Waals surface area (Å²) in [5.74, 6) is 0.00584. The zero-order chi connectivity index (χ0) is 21.0. The lowest BCUT2D eigenvalue weighted by Gasteiger charge is -2.26. The highest BCUT2D eigenvalue weighted by Gasteiger charge is 2.28. The summed E-state index contributed by atoms with van der Waals surface area (Å²) < 4.78 is 32.4. The van der Waals surface area contributed by atoms with Crippen LogP contribution in [0.25, 0.3) is 0 Å². The van der Waals surface area contributed by atoms with Gasteiger partial charge in [0.05, 0.1) is 24.0 Å². The molecule has 156 valence electrons. The Bertz CT molecular complexity index is 1010. The van der Waals surface area contributed by atoms with Gasteiger partial charge in [-0.1, -0.05) is 29.3 Å². The van der Waals surface area contributed by atoms with Crippen molar-refractivity contribution in [2.75, 3.05) is 37.4 Å². The van der Waals surface area contributed by atoms with Gasteiger partial charge in [0.2, 0.25) is 15.9 Å². The number of carbonyl (C=O) groups is 1. The summed E-state index contributed by atoms with van der Waals surface area (Å²) in [5, 5.41) is 2.89. The predicted octanol–water partition coefficient (Wildman–Crippen LogP) is 3.71. The Morgan fingerprint density at radius 3 is 2.62 bits per heavy atom. The van der Waals surface area contributed by atoms with E-state index in [1.807, 2.05) is 32.0 Å². The van der Waals surface area contributed by atoms with Crippen molar-refractivity contribution in [3.63, 3.8) is 0 Å². The maximum absolute atomic E-state index is 12.9. The van der Waals surface area contributed by atoms with Gasteiger partial charge >= 0.3 is 0 Å². The quantitative estimate of drug-likeness (QED) is 0.673. The molecule has 0 aliphatic carbocycles. The van der Waals surface area contributed by atoms with E-state index >= 15 is 0 Å². The Morgan fingerprint density at radius 1 is 1.17 bits per heavy atom. The summed E-state index contributed by atoms with van der Waals surface area (Å²) in [6, 6.07) is 10.6.